The topological polar surface area (TPSA) is 0 Å². The summed E-state index contributed by atoms with van der Waals surface area (Å²) in [7, 11) is 0. The summed E-state index contributed by atoms with van der Waals surface area (Å²) in [4.78, 5) is 0. The van der Waals surface area contributed by atoms with Crippen LogP contribution in [0.1, 0.15) is 138 Å². The maximum atomic E-state index is 2.45. The highest BCUT2D eigenvalue weighted by Crippen LogP contribution is 2.31. The van der Waals surface area contributed by atoms with Gasteiger partial charge in [-0.15, -0.1) is 0 Å². The molecule has 0 spiro atoms. The van der Waals surface area contributed by atoms with Crippen LogP contribution >= 0.6 is 0 Å². The number of unbranched alkanes of at least 4 members (excludes halogenated alkanes) is 9. The van der Waals surface area contributed by atoms with Crippen LogP contribution in [0.2, 0.25) is 0 Å². The molecular formula is C24H50. The van der Waals surface area contributed by atoms with Gasteiger partial charge in [0.05, 0.1) is 0 Å². The van der Waals surface area contributed by atoms with Crippen molar-refractivity contribution in [2.24, 2.45) is 16.7 Å². The molecular weight excluding hydrogens is 288 g/mol. The van der Waals surface area contributed by atoms with Crippen molar-refractivity contribution in [2.75, 3.05) is 0 Å². The van der Waals surface area contributed by atoms with Gasteiger partial charge in [-0.2, -0.15) is 0 Å². The van der Waals surface area contributed by atoms with E-state index in [4.69, 9.17) is 0 Å². The first-order chi connectivity index (χ1) is 11.2. The summed E-state index contributed by atoms with van der Waals surface area (Å²) in [5.74, 6) is 0.841. The Balaban J connectivity index is 3.32. The monoisotopic (exact) mass is 338 g/mol. The SMILES string of the molecule is CCC(C)(C)CCCCCCCCCCCCC(C)(C)CC(C)C. The molecule has 0 aromatic heterocycles. The van der Waals surface area contributed by atoms with Crippen LogP contribution in [0.25, 0.3) is 0 Å². The van der Waals surface area contributed by atoms with Gasteiger partial charge in [0.25, 0.3) is 0 Å². The Kier molecular flexibility index (Phi) is 13.2. The van der Waals surface area contributed by atoms with Crippen molar-refractivity contribution < 1.29 is 0 Å². The molecule has 0 unspecified atom stereocenters. The van der Waals surface area contributed by atoms with Crippen LogP contribution < -0.4 is 0 Å². The fourth-order valence-electron chi connectivity index (χ4n) is 4.01. The Morgan fingerprint density at radius 3 is 1.21 bits per heavy atom. The van der Waals surface area contributed by atoms with Crippen LogP contribution in [-0.4, -0.2) is 0 Å². The smallest absolute Gasteiger partial charge is 0.0352 e. The average Bonchev–Trinajstić information content (AvgIpc) is 2.47. The molecule has 0 aliphatic carbocycles. The average molecular weight is 339 g/mol. The summed E-state index contributed by atoms with van der Waals surface area (Å²) in [6.45, 7) is 16.8. The molecule has 0 aromatic rings. The van der Waals surface area contributed by atoms with Crippen LogP contribution in [0.5, 0.6) is 0 Å². The van der Waals surface area contributed by atoms with E-state index in [0.29, 0.717) is 10.8 Å². The quantitative estimate of drug-likeness (QED) is 0.246. The van der Waals surface area contributed by atoms with E-state index in [1.165, 1.54) is 89.9 Å². The van der Waals surface area contributed by atoms with E-state index in [2.05, 4.69) is 48.5 Å². The van der Waals surface area contributed by atoms with Crippen molar-refractivity contribution in [1.29, 1.82) is 0 Å². The third-order valence-corrected chi connectivity index (χ3v) is 5.88. The van der Waals surface area contributed by atoms with Crippen molar-refractivity contribution in [1.82, 2.24) is 0 Å². The molecule has 0 bridgehead atoms. The van der Waals surface area contributed by atoms with E-state index < -0.39 is 0 Å². The maximum absolute atomic E-state index is 2.45. The number of hydrogen-bond acceptors (Lipinski definition) is 0. The van der Waals surface area contributed by atoms with Gasteiger partial charge >= 0.3 is 0 Å². The zero-order valence-electron chi connectivity index (χ0n) is 18.5. The second-order valence-corrected chi connectivity index (χ2v) is 10.3. The summed E-state index contributed by atoms with van der Waals surface area (Å²) < 4.78 is 0. The molecule has 0 saturated carbocycles. The van der Waals surface area contributed by atoms with Crippen molar-refractivity contribution in [2.45, 2.75) is 138 Å². The third-order valence-electron chi connectivity index (χ3n) is 5.88. The van der Waals surface area contributed by atoms with Gasteiger partial charge in [-0.05, 0) is 36.0 Å². The molecule has 0 aromatic carbocycles. The summed E-state index contributed by atoms with van der Waals surface area (Å²) in [6.07, 6.45) is 20.1. The molecule has 0 N–H and O–H groups in total. The van der Waals surface area contributed by atoms with E-state index in [9.17, 15) is 0 Å². The number of hydrogen-bond donors (Lipinski definition) is 0. The summed E-state index contributed by atoms with van der Waals surface area (Å²) in [6, 6.07) is 0. The Labute approximate surface area is 155 Å². The summed E-state index contributed by atoms with van der Waals surface area (Å²) >= 11 is 0. The minimum absolute atomic E-state index is 0.556. The van der Waals surface area contributed by atoms with Crippen LogP contribution in [0.4, 0.5) is 0 Å². The third kappa shape index (κ3) is 15.5. The van der Waals surface area contributed by atoms with Crippen molar-refractivity contribution in [3.8, 4) is 0 Å². The first kappa shape index (κ1) is 24.0. The van der Waals surface area contributed by atoms with Crippen LogP contribution in [0.15, 0.2) is 0 Å². The molecule has 0 aliphatic rings. The highest BCUT2D eigenvalue weighted by molar-refractivity contribution is 4.70. The molecule has 24 heavy (non-hydrogen) atoms. The van der Waals surface area contributed by atoms with Gasteiger partial charge in [0.15, 0.2) is 0 Å². The molecule has 0 atom stereocenters. The first-order valence-electron chi connectivity index (χ1n) is 11.2. The zero-order chi connectivity index (χ0) is 18.5. The molecule has 146 valence electrons. The van der Waals surface area contributed by atoms with Crippen LogP contribution in [0.3, 0.4) is 0 Å². The van der Waals surface area contributed by atoms with Crippen molar-refractivity contribution in [3.63, 3.8) is 0 Å². The maximum Gasteiger partial charge on any atom is -0.0352 e. The Morgan fingerprint density at radius 2 is 0.875 bits per heavy atom. The lowest BCUT2D eigenvalue weighted by Gasteiger charge is -2.26. The minimum Gasteiger partial charge on any atom is -0.0649 e. The van der Waals surface area contributed by atoms with Gasteiger partial charge in [0, 0.05) is 0 Å². The van der Waals surface area contributed by atoms with E-state index in [1.54, 1.807) is 0 Å². The lowest BCUT2D eigenvalue weighted by Crippen LogP contribution is -2.14. The molecule has 0 fully saturated rings. The van der Waals surface area contributed by atoms with Gasteiger partial charge in [0.2, 0.25) is 0 Å². The fourth-order valence-corrected chi connectivity index (χ4v) is 4.01. The van der Waals surface area contributed by atoms with Gasteiger partial charge in [-0.25, -0.2) is 0 Å². The van der Waals surface area contributed by atoms with Gasteiger partial charge in [0.1, 0.15) is 0 Å². The molecule has 0 saturated heterocycles. The zero-order valence-corrected chi connectivity index (χ0v) is 18.5. The Hall–Kier alpha value is 0. The summed E-state index contributed by atoms with van der Waals surface area (Å²) in [5.41, 5.74) is 1.13. The molecule has 0 rings (SSSR count). The molecule has 0 aliphatic heterocycles. The highest BCUT2D eigenvalue weighted by atomic mass is 14.2. The predicted molar refractivity (Wildman–Crippen MR) is 113 cm³/mol. The molecule has 0 nitrogen and oxygen atoms in total. The second-order valence-electron chi connectivity index (χ2n) is 10.3. The lowest BCUT2D eigenvalue weighted by atomic mass is 9.79. The molecule has 0 heterocycles. The van der Waals surface area contributed by atoms with E-state index in [0.717, 1.165) is 5.92 Å². The number of rotatable bonds is 16. The highest BCUT2D eigenvalue weighted by Gasteiger charge is 2.18. The van der Waals surface area contributed by atoms with Crippen LogP contribution in [0, 0.1) is 16.7 Å². The normalized spacial score (nSPS) is 13.0. The second kappa shape index (κ2) is 13.2. The molecule has 0 heteroatoms. The van der Waals surface area contributed by atoms with Gasteiger partial charge in [-0.3, -0.25) is 0 Å². The van der Waals surface area contributed by atoms with Gasteiger partial charge in [-0.1, -0.05) is 119 Å². The Bertz CT molecular complexity index is 272. The van der Waals surface area contributed by atoms with Crippen molar-refractivity contribution in [3.05, 3.63) is 0 Å². The minimum atomic E-state index is 0.556. The van der Waals surface area contributed by atoms with Crippen molar-refractivity contribution >= 4 is 0 Å². The fraction of sp³-hybridized carbons (Fsp3) is 1.00. The largest absolute Gasteiger partial charge is 0.0649 e. The summed E-state index contributed by atoms with van der Waals surface area (Å²) in [5, 5.41) is 0. The molecule has 0 radical (unpaired) electrons. The lowest BCUT2D eigenvalue weighted by molar-refractivity contribution is 0.256. The van der Waals surface area contributed by atoms with E-state index >= 15 is 0 Å². The Morgan fingerprint density at radius 1 is 0.542 bits per heavy atom. The van der Waals surface area contributed by atoms with E-state index in [1.807, 2.05) is 0 Å². The molecule has 0 amide bonds. The van der Waals surface area contributed by atoms with E-state index in [-0.39, 0.29) is 0 Å². The first-order valence-corrected chi connectivity index (χ1v) is 11.2. The van der Waals surface area contributed by atoms with Gasteiger partial charge < -0.3 is 0 Å². The van der Waals surface area contributed by atoms with Crippen LogP contribution in [-0.2, 0) is 0 Å². The predicted octanol–water partition coefficient (Wildman–Crippen LogP) is 9.18. The standard InChI is InChI=1S/C24H50/c1-8-23(4,5)19-17-15-13-11-9-10-12-14-16-18-20-24(6,7)21-22(2)3/h22H,8-21H2,1-7H3.